The summed E-state index contributed by atoms with van der Waals surface area (Å²) >= 11 is 0. The molecular weight excluding hydrogens is 348 g/mol. The second-order valence-corrected chi connectivity index (χ2v) is 9.58. The van der Waals surface area contributed by atoms with Crippen LogP contribution < -0.4 is 0 Å². The zero-order valence-corrected chi connectivity index (χ0v) is 17.7. The molecular formula is C29H34. The summed E-state index contributed by atoms with van der Waals surface area (Å²) in [6, 6.07) is 9.72. The summed E-state index contributed by atoms with van der Waals surface area (Å²) in [6.07, 6.45) is 30.4. The van der Waals surface area contributed by atoms with E-state index >= 15 is 0 Å². The van der Waals surface area contributed by atoms with Crippen LogP contribution in [0.15, 0.2) is 72.9 Å². The average molecular weight is 383 g/mol. The Kier molecular flexibility index (Phi) is 5.62. The Bertz CT molecular complexity index is 721. The minimum atomic E-state index is 0.620. The van der Waals surface area contributed by atoms with Crippen molar-refractivity contribution in [1.29, 1.82) is 0 Å². The van der Waals surface area contributed by atoms with Gasteiger partial charge in [-0.25, -0.2) is 0 Å². The fourth-order valence-corrected chi connectivity index (χ4v) is 6.21. The summed E-state index contributed by atoms with van der Waals surface area (Å²) in [7, 11) is 0. The third-order valence-corrected chi connectivity index (χ3v) is 7.73. The fourth-order valence-electron chi connectivity index (χ4n) is 6.21. The Morgan fingerprint density at radius 2 is 1.31 bits per heavy atom. The third kappa shape index (κ3) is 3.96. The van der Waals surface area contributed by atoms with Crippen LogP contribution in [0.1, 0.15) is 49.7 Å². The van der Waals surface area contributed by atoms with Gasteiger partial charge in [0.05, 0.1) is 0 Å². The normalized spacial score (nSPS) is 35.6. The standard InChI is InChI=1S/C29H34/c1-2-3-8-21-13-15-22(16-14-21)29(27-17-23-9-4-5-10-24(23)18-27)28-19-25-11-6-7-12-26(25)20-28/h4-7,9-17,19,23-29H,2-3,8,18,20H2,1H3. The van der Waals surface area contributed by atoms with Crippen LogP contribution in [0.25, 0.3) is 0 Å². The van der Waals surface area contributed by atoms with E-state index in [4.69, 9.17) is 0 Å². The van der Waals surface area contributed by atoms with E-state index < -0.39 is 0 Å². The minimum Gasteiger partial charge on any atom is -0.0808 e. The molecule has 0 aromatic heterocycles. The molecule has 4 aliphatic carbocycles. The molecule has 1 aromatic carbocycles. The lowest BCUT2D eigenvalue weighted by atomic mass is 9.74. The molecule has 150 valence electrons. The summed E-state index contributed by atoms with van der Waals surface area (Å²) in [6.45, 7) is 2.28. The van der Waals surface area contributed by atoms with E-state index in [-0.39, 0.29) is 0 Å². The van der Waals surface area contributed by atoms with Crippen LogP contribution in [-0.2, 0) is 6.42 Å². The molecule has 4 aliphatic rings. The zero-order chi connectivity index (χ0) is 19.6. The van der Waals surface area contributed by atoms with Crippen LogP contribution >= 0.6 is 0 Å². The van der Waals surface area contributed by atoms with E-state index in [0.717, 1.165) is 0 Å². The van der Waals surface area contributed by atoms with Crippen molar-refractivity contribution in [3.63, 3.8) is 0 Å². The maximum atomic E-state index is 2.68. The third-order valence-electron chi connectivity index (χ3n) is 7.73. The highest BCUT2D eigenvalue weighted by Gasteiger charge is 2.44. The van der Waals surface area contributed by atoms with Crippen molar-refractivity contribution in [3.05, 3.63) is 96.8 Å². The van der Waals surface area contributed by atoms with Crippen LogP contribution in [0.5, 0.6) is 0 Å². The van der Waals surface area contributed by atoms with Crippen LogP contribution in [0.4, 0.5) is 0 Å². The molecule has 0 aliphatic heterocycles. The van der Waals surface area contributed by atoms with E-state index in [1.165, 1.54) is 37.7 Å². The highest BCUT2D eigenvalue weighted by molar-refractivity contribution is 5.33. The first-order valence-corrected chi connectivity index (χ1v) is 11.8. The molecule has 2 radical (unpaired) electrons. The predicted molar refractivity (Wildman–Crippen MR) is 123 cm³/mol. The number of unbranched alkanes of at least 4 members (excludes halogenated alkanes) is 1. The number of fused-ring (bicyclic) bond motifs is 2. The topological polar surface area (TPSA) is 0 Å². The van der Waals surface area contributed by atoms with E-state index in [9.17, 15) is 0 Å². The maximum Gasteiger partial charge on any atom is -0.00989 e. The molecule has 0 N–H and O–H groups in total. The zero-order valence-electron chi connectivity index (χ0n) is 17.7. The number of benzene rings is 1. The van der Waals surface area contributed by atoms with Gasteiger partial charge < -0.3 is 0 Å². The van der Waals surface area contributed by atoms with Gasteiger partial charge in [-0.2, -0.15) is 0 Å². The van der Waals surface area contributed by atoms with E-state index in [2.05, 4.69) is 92.6 Å². The summed E-state index contributed by atoms with van der Waals surface area (Å²) < 4.78 is 0. The molecule has 6 unspecified atom stereocenters. The first-order valence-electron chi connectivity index (χ1n) is 11.8. The van der Waals surface area contributed by atoms with Gasteiger partial charge in [-0.1, -0.05) is 86.2 Å². The Morgan fingerprint density at radius 3 is 1.83 bits per heavy atom. The summed E-state index contributed by atoms with van der Waals surface area (Å²) in [5.74, 6) is 4.66. The second kappa shape index (κ2) is 8.50. The molecule has 0 saturated heterocycles. The van der Waals surface area contributed by atoms with Gasteiger partial charge >= 0.3 is 0 Å². The van der Waals surface area contributed by atoms with Crippen LogP contribution in [-0.4, -0.2) is 0 Å². The van der Waals surface area contributed by atoms with E-state index in [1.54, 1.807) is 5.56 Å². The molecule has 29 heavy (non-hydrogen) atoms. The van der Waals surface area contributed by atoms with Crippen LogP contribution in [0.3, 0.4) is 0 Å². The molecule has 2 saturated carbocycles. The number of allylic oxidation sites excluding steroid dienone is 8. The van der Waals surface area contributed by atoms with Gasteiger partial charge in [0, 0.05) is 0 Å². The monoisotopic (exact) mass is 382 g/mol. The van der Waals surface area contributed by atoms with E-state index in [0.29, 0.717) is 41.4 Å². The molecule has 0 heterocycles. The molecule has 0 bridgehead atoms. The Labute approximate surface area is 177 Å². The van der Waals surface area contributed by atoms with E-state index in [1.807, 2.05) is 0 Å². The second-order valence-electron chi connectivity index (χ2n) is 9.58. The number of aryl methyl sites for hydroxylation is 1. The largest absolute Gasteiger partial charge is 0.0808 e. The molecule has 6 atom stereocenters. The number of rotatable bonds is 6. The molecule has 1 aromatic rings. The quantitative estimate of drug-likeness (QED) is 0.485. The SMILES string of the molecule is CCCCc1ccc(C(C2[CH]C3C=CC=CC3C2)C2[CH]C3C=CC=CC3C2)cc1. The highest BCUT2D eigenvalue weighted by Crippen LogP contribution is 2.53. The van der Waals surface area contributed by atoms with Gasteiger partial charge in [0.1, 0.15) is 0 Å². The summed E-state index contributed by atoms with van der Waals surface area (Å²) in [5, 5.41) is 0. The maximum absolute atomic E-state index is 2.68. The molecule has 0 heteroatoms. The Morgan fingerprint density at radius 1 is 0.759 bits per heavy atom. The molecule has 0 amide bonds. The van der Waals surface area contributed by atoms with Crippen molar-refractivity contribution in [2.45, 2.75) is 44.9 Å². The highest BCUT2D eigenvalue weighted by atomic mass is 14.5. The van der Waals surface area contributed by atoms with Gasteiger partial charge in [-0.05, 0) is 91.1 Å². The van der Waals surface area contributed by atoms with Crippen molar-refractivity contribution in [2.24, 2.45) is 35.5 Å². The predicted octanol–water partition coefficient (Wildman–Crippen LogP) is 7.28. The molecule has 2 fully saturated rings. The van der Waals surface area contributed by atoms with Gasteiger partial charge in [-0.3, -0.25) is 0 Å². The number of hydrogen-bond donors (Lipinski definition) is 0. The van der Waals surface area contributed by atoms with Crippen molar-refractivity contribution < 1.29 is 0 Å². The lowest BCUT2D eigenvalue weighted by molar-refractivity contribution is 0.363. The van der Waals surface area contributed by atoms with Crippen LogP contribution in [0.2, 0.25) is 0 Å². The van der Waals surface area contributed by atoms with Gasteiger partial charge in [0.2, 0.25) is 0 Å². The molecule has 5 rings (SSSR count). The lowest BCUT2D eigenvalue weighted by Crippen LogP contribution is -2.20. The first-order chi connectivity index (χ1) is 14.3. The summed E-state index contributed by atoms with van der Waals surface area (Å²) in [4.78, 5) is 0. The first kappa shape index (κ1) is 19.2. The Balaban J connectivity index is 1.40. The van der Waals surface area contributed by atoms with Crippen molar-refractivity contribution in [1.82, 2.24) is 0 Å². The minimum absolute atomic E-state index is 0.620. The van der Waals surface area contributed by atoms with Gasteiger partial charge in [-0.15, -0.1) is 0 Å². The summed E-state index contributed by atoms with van der Waals surface area (Å²) in [5.41, 5.74) is 3.06. The average Bonchev–Trinajstić information content (AvgIpc) is 3.37. The van der Waals surface area contributed by atoms with Crippen molar-refractivity contribution in [2.75, 3.05) is 0 Å². The van der Waals surface area contributed by atoms with Crippen molar-refractivity contribution >= 4 is 0 Å². The molecule has 0 nitrogen and oxygen atoms in total. The van der Waals surface area contributed by atoms with Crippen LogP contribution in [0, 0.1) is 48.3 Å². The number of hydrogen-bond acceptors (Lipinski definition) is 0. The molecule has 0 spiro atoms. The van der Waals surface area contributed by atoms with Gasteiger partial charge in [0.15, 0.2) is 0 Å². The smallest absolute Gasteiger partial charge is 0.00989 e. The Hall–Kier alpha value is -1.82. The van der Waals surface area contributed by atoms with Gasteiger partial charge in [0.25, 0.3) is 0 Å². The lowest BCUT2D eigenvalue weighted by Gasteiger charge is -2.30. The van der Waals surface area contributed by atoms with Crippen molar-refractivity contribution in [3.8, 4) is 0 Å². The fraction of sp³-hybridized carbons (Fsp3) is 0.448.